The van der Waals surface area contributed by atoms with Crippen LogP contribution in [0, 0.1) is 17.7 Å². The number of rotatable bonds is 7. The van der Waals surface area contributed by atoms with Crippen LogP contribution in [0.5, 0.6) is 5.75 Å². The van der Waals surface area contributed by atoms with Crippen molar-refractivity contribution in [3.63, 3.8) is 0 Å². The maximum atomic E-state index is 13.6. The summed E-state index contributed by atoms with van der Waals surface area (Å²) in [4.78, 5) is 0. The molecule has 0 aliphatic heterocycles. The molecule has 5 heteroatoms. The molecule has 1 nitrogen and oxygen atoms in total. The molecule has 0 aromatic heterocycles. The van der Waals surface area contributed by atoms with Gasteiger partial charge in [0, 0.05) is 0 Å². The second-order valence-electron chi connectivity index (χ2n) is 6.89. The van der Waals surface area contributed by atoms with Crippen molar-refractivity contribution in [2.75, 3.05) is 0 Å². The van der Waals surface area contributed by atoms with E-state index in [1.54, 1.807) is 6.08 Å². The molecule has 0 atom stereocenters. The lowest BCUT2D eigenvalue weighted by Crippen LogP contribution is -2.17. The van der Waals surface area contributed by atoms with Crippen LogP contribution in [0.1, 0.15) is 63.9 Å². The molecule has 1 aromatic carbocycles. The summed E-state index contributed by atoms with van der Waals surface area (Å²) in [6, 6.07) is 3.50. The Morgan fingerprint density at radius 3 is 2.28 bits per heavy atom. The van der Waals surface area contributed by atoms with E-state index in [1.165, 1.54) is 44.6 Å². The van der Waals surface area contributed by atoms with Crippen LogP contribution in [0.25, 0.3) is 6.08 Å². The predicted octanol–water partition coefficient (Wildman–Crippen LogP) is 7.12. The Hall–Kier alpha value is -1.52. The van der Waals surface area contributed by atoms with Gasteiger partial charge in [0.2, 0.25) is 0 Å². The van der Waals surface area contributed by atoms with Crippen LogP contribution in [0.3, 0.4) is 0 Å². The molecule has 1 saturated carbocycles. The lowest BCUT2D eigenvalue weighted by atomic mass is 9.78. The van der Waals surface area contributed by atoms with Gasteiger partial charge in [0.25, 0.3) is 0 Å². The highest BCUT2D eigenvalue weighted by molar-refractivity contribution is 5.51. The van der Waals surface area contributed by atoms with Gasteiger partial charge in [0.05, 0.1) is 0 Å². The van der Waals surface area contributed by atoms with E-state index in [0.29, 0.717) is 5.56 Å². The zero-order valence-corrected chi connectivity index (χ0v) is 14.6. The minimum absolute atomic E-state index is 0.540. The van der Waals surface area contributed by atoms with E-state index in [9.17, 15) is 17.6 Å². The lowest BCUT2D eigenvalue weighted by Gasteiger charge is -2.28. The number of ether oxygens (including phenoxy) is 1. The summed E-state index contributed by atoms with van der Waals surface area (Å²) in [7, 11) is 0. The standard InChI is InChI=1S/C20H26F4O/c1-2-5-15-8-10-16(11-9-15)6-3-4-7-17-12-13-19(18(21)14-17)25-20(22,23)24/h4,7,12-16H,2-3,5-6,8-11H2,1H3/b7-4-. The lowest BCUT2D eigenvalue weighted by molar-refractivity contribution is -0.275. The highest BCUT2D eigenvalue weighted by atomic mass is 19.4. The molecule has 1 fully saturated rings. The Balaban J connectivity index is 1.76. The van der Waals surface area contributed by atoms with E-state index in [-0.39, 0.29) is 0 Å². The Bertz CT molecular complexity index is 557. The van der Waals surface area contributed by atoms with Crippen LogP contribution in [-0.4, -0.2) is 6.36 Å². The van der Waals surface area contributed by atoms with Crippen molar-refractivity contribution < 1.29 is 22.3 Å². The number of allylic oxidation sites excluding steroid dienone is 1. The molecule has 0 bridgehead atoms. The molecule has 0 N–H and O–H groups in total. The average molecular weight is 358 g/mol. The van der Waals surface area contributed by atoms with Gasteiger partial charge in [0.15, 0.2) is 11.6 Å². The second kappa shape index (κ2) is 9.25. The molecule has 0 radical (unpaired) electrons. The first kappa shape index (κ1) is 19.8. The molecule has 2 rings (SSSR count). The van der Waals surface area contributed by atoms with Crippen LogP contribution in [0.2, 0.25) is 0 Å². The van der Waals surface area contributed by atoms with Gasteiger partial charge in [-0.3, -0.25) is 0 Å². The molecule has 0 saturated heterocycles. The van der Waals surface area contributed by atoms with Crippen molar-refractivity contribution >= 4 is 6.08 Å². The Morgan fingerprint density at radius 2 is 1.72 bits per heavy atom. The number of hydrogen-bond acceptors (Lipinski definition) is 1. The third-order valence-electron chi connectivity index (χ3n) is 4.90. The van der Waals surface area contributed by atoms with Gasteiger partial charge in [-0.05, 0) is 42.4 Å². The Morgan fingerprint density at radius 1 is 1.08 bits per heavy atom. The van der Waals surface area contributed by atoms with E-state index < -0.39 is 17.9 Å². The highest BCUT2D eigenvalue weighted by Crippen LogP contribution is 2.34. The average Bonchev–Trinajstić information content (AvgIpc) is 2.55. The minimum atomic E-state index is -4.88. The molecule has 0 heterocycles. The highest BCUT2D eigenvalue weighted by Gasteiger charge is 2.32. The Labute approximate surface area is 147 Å². The van der Waals surface area contributed by atoms with Crippen molar-refractivity contribution in [3.8, 4) is 5.75 Å². The molecular weight excluding hydrogens is 332 g/mol. The number of benzene rings is 1. The van der Waals surface area contributed by atoms with Crippen LogP contribution in [0.4, 0.5) is 17.6 Å². The van der Waals surface area contributed by atoms with E-state index in [0.717, 1.165) is 36.8 Å². The van der Waals surface area contributed by atoms with Gasteiger partial charge in [-0.25, -0.2) is 4.39 Å². The van der Waals surface area contributed by atoms with Gasteiger partial charge < -0.3 is 4.74 Å². The van der Waals surface area contributed by atoms with Crippen molar-refractivity contribution in [2.45, 2.75) is 64.7 Å². The van der Waals surface area contributed by atoms with Crippen LogP contribution < -0.4 is 4.74 Å². The summed E-state index contributed by atoms with van der Waals surface area (Å²) in [5, 5.41) is 0. The van der Waals surface area contributed by atoms with Gasteiger partial charge in [-0.2, -0.15) is 0 Å². The van der Waals surface area contributed by atoms with Gasteiger partial charge in [-0.1, -0.05) is 63.7 Å². The molecule has 1 aliphatic carbocycles. The van der Waals surface area contributed by atoms with E-state index in [4.69, 9.17) is 0 Å². The summed E-state index contributed by atoms with van der Waals surface area (Å²) >= 11 is 0. The molecule has 0 spiro atoms. The third kappa shape index (κ3) is 7.09. The third-order valence-corrected chi connectivity index (χ3v) is 4.90. The zero-order valence-electron chi connectivity index (χ0n) is 14.6. The van der Waals surface area contributed by atoms with Crippen LogP contribution >= 0.6 is 0 Å². The van der Waals surface area contributed by atoms with Gasteiger partial charge >= 0.3 is 6.36 Å². The zero-order chi connectivity index (χ0) is 18.3. The van der Waals surface area contributed by atoms with Crippen LogP contribution in [-0.2, 0) is 0 Å². The SMILES string of the molecule is CCCC1CCC(CC/C=C\c2ccc(OC(F)(F)F)c(F)c2)CC1. The first-order chi connectivity index (χ1) is 11.9. The first-order valence-corrected chi connectivity index (χ1v) is 9.09. The normalized spacial score (nSPS) is 21.6. The molecular formula is C20H26F4O. The topological polar surface area (TPSA) is 9.23 Å². The van der Waals surface area contributed by atoms with E-state index >= 15 is 0 Å². The van der Waals surface area contributed by atoms with Crippen molar-refractivity contribution in [1.82, 2.24) is 0 Å². The van der Waals surface area contributed by atoms with Crippen molar-refractivity contribution in [1.29, 1.82) is 0 Å². The molecule has 140 valence electrons. The van der Waals surface area contributed by atoms with Gasteiger partial charge in [-0.15, -0.1) is 13.2 Å². The number of alkyl halides is 3. The summed E-state index contributed by atoms with van der Waals surface area (Å²) in [5.74, 6) is -0.142. The molecule has 25 heavy (non-hydrogen) atoms. The molecule has 0 amide bonds. The molecule has 0 unspecified atom stereocenters. The van der Waals surface area contributed by atoms with E-state index in [1.807, 2.05) is 6.08 Å². The van der Waals surface area contributed by atoms with E-state index in [2.05, 4.69) is 11.7 Å². The summed E-state index contributed by atoms with van der Waals surface area (Å²) in [6.45, 7) is 2.24. The van der Waals surface area contributed by atoms with Gasteiger partial charge in [0.1, 0.15) is 0 Å². The second-order valence-corrected chi connectivity index (χ2v) is 6.89. The van der Waals surface area contributed by atoms with Crippen LogP contribution in [0.15, 0.2) is 24.3 Å². The maximum Gasteiger partial charge on any atom is 0.573 e. The number of halogens is 4. The first-order valence-electron chi connectivity index (χ1n) is 9.09. The van der Waals surface area contributed by atoms with Crippen molar-refractivity contribution in [2.24, 2.45) is 11.8 Å². The quantitative estimate of drug-likeness (QED) is 0.471. The fourth-order valence-corrected chi connectivity index (χ4v) is 3.60. The molecule has 1 aromatic rings. The molecule has 1 aliphatic rings. The smallest absolute Gasteiger partial charge is 0.403 e. The monoisotopic (exact) mass is 358 g/mol. The predicted molar refractivity (Wildman–Crippen MR) is 91.7 cm³/mol. The summed E-state index contributed by atoms with van der Waals surface area (Å²) in [6.07, 6.45) is 8.70. The van der Waals surface area contributed by atoms with Crippen molar-refractivity contribution in [3.05, 3.63) is 35.7 Å². The maximum absolute atomic E-state index is 13.6. The fraction of sp³-hybridized carbons (Fsp3) is 0.600. The largest absolute Gasteiger partial charge is 0.573 e. The number of hydrogen-bond donors (Lipinski definition) is 0. The summed E-state index contributed by atoms with van der Waals surface area (Å²) in [5.41, 5.74) is 0.540. The fourth-order valence-electron chi connectivity index (χ4n) is 3.60. The minimum Gasteiger partial charge on any atom is -0.403 e. The Kier molecular flexibility index (Phi) is 7.33. The summed E-state index contributed by atoms with van der Waals surface area (Å²) < 4.78 is 53.6.